The molecule has 0 rings (SSSR count). The van der Waals surface area contributed by atoms with Gasteiger partial charge in [0.15, 0.2) is 0 Å². The van der Waals surface area contributed by atoms with E-state index in [9.17, 15) is 19.4 Å². The fourth-order valence-corrected chi connectivity index (χ4v) is 11.0. The van der Waals surface area contributed by atoms with Gasteiger partial charge in [-0.15, -0.1) is 0 Å². The van der Waals surface area contributed by atoms with Crippen LogP contribution in [0, 0.1) is 0 Å². The molecule has 3 N–H and O–H groups in total. The molecule has 8 nitrogen and oxygen atoms in total. The average Bonchev–Trinajstić information content (AvgIpc) is 3.47. The Hall–Kier alpha value is -2.32. The molecule has 0 aromatic heterocycles. The Kier molecular flexibility index (Phi) is 61.4. The number of phosphoric ester groups is 1. The van der Waals surface area contributed by atoms with Gasteiger partial charge in [0, 0.05) is 6.42 Å². The van der Waals surface area contributed by atoms with Gasteiger partial charge < -0.3 is 19.8 Å². The first-order chi connectivity index (χ1) is 40.0. The van der Waals surface area contributed by atoms with Gasteiger partial charge in [-0.2, -0.15) is 0 Å². The topological polar surface area (TPSA) is 105 Å². The standard InChI is InChI=1S/C73H135N2O6P/c1-6-8-10-12-14-16-18-20-22-24-26-28-30-32-34-36-37-39-40-42-44-46-48-50-52-54-56-58-60-62-64-66-72(76)71(70-81-82(78,79)80-69-68-75(3,4)5)74-73(77)67-65-63-61-59-57-55-53-51-49-47-45-43-41-38-35-33-31-29-27-25-23-21-19-17-15-13-11-9-7-2/h9,11,15,17,21,23,27,29,33,35,41,43,47,49,71-72,76H,6-8,10,12-14,16,18-20,22,24-26,28,30-32,34,36-40,42,44-46,48,50-70H2,1-5H3,(H-,74,77,78,79)/p+1/b11-9-,17-15-,23-21-,29-27-,35-33-,43-41-,49-47-. The van der Waals surface area contributed by atoms with Crippen LogP contribution in [-0.4, -0.2) is 73.4 Å². The van der Waals surface area contributed by atoms with Crippen LogP contribution in [0.15, 0.2) is 85.1 Å². The molecule has 0 aliphatic rings. The number of rotatable bonds is 64. The molecule has 0 bridgehead atoms. The monoisotopic (exact) mass is 1170 g/mol. The van der Waals surface area contributed by atoms with Gasteiger partial charge in [0.05, 0.1) is 39.9 Å². The third-order valence-electron chi connectivity index (χ3n) is 15.7. The first kappa shape index (κ1) is 79.7. The summed E-state index contributed by atoms with van der Waals surface area (Å²) in [5.41, 5.74) is 0. The molecule has 1 amide bonds. The Morgan fingerprint density at radius 2 is 0.732 bits per heavy atom. The lowest BCUT2D eigenvalue weighted by molar-refractivity contribution is -0.870. The summed E-state index contributed by atoms with van der Waals surface area (Å²) in [5, 5.41) is 14.1. The molecular weight excluding hydrogens is 1030 g/mol. The van der Waals surface area contributed by atoms with Crippen molar-refractivity contribution in [2.24, 2.45) is 0 Å². The Morgan fingerprint density at radius 1 is 0.427 bits per heavy atom. The lowest BCUT2D eigenvalue weighted by Gasteiger charge is -2.26. The van der Waals surface area contributed by atoms with E-state index in [2.05, 4.69) is 104 Å². The van der Waals surface area contributed by atoms with Crippen molar-refractivity contribution in [1.29, 1.82) is 0 Å². The molecular formula is C73H136N2O6P+. The number of unbranched alkanes of at least 4 members (excludes halogenated alkanes) is 37. The third-order valence-corrected chi connectivity index (χ3v) is 16.6. The van der Waals surface area contributed by atoms with E-state index in [1.165, 1.54) is 205 Å². The van der Waals surface area contributed by atoms with E-state index in [-0.39, 0.29) is 19.1 Å². The van der Waals surface area contributed by atoms with E-state index in [4.69, 9.17) is 9.05 Å². The number of carbonyl (C=O) groups is 1. The first-order valence-electron chi connectivity index (χ1n) is 35.0. The minimum atomic E-state index is -4.34. The summed E-state index contributed by atoms with van der Waals surface area (Å²) in [6.45, 7) is 4.80. The SMILES string of the molecule is CC/C=C\C/C=C\C/C=C\C/C=C\C/C=C\C/C=C\C/C=C\CCCCCCCCCC(=O)NC(COP(=O)(O)OCC[N+](C)(C)C)C(O)CCCCCCCCCCCCCCCCCCCCCCCCCCCCCCCCC. The van der Waals surface area contributed by atoms with Gasteiger partial charge in [0.1, 0.15) is 13.2 Å². The maximum atomic E-state index is 13.1. The Balaban J connectivity index is 4.09. The van der Waals surface area contributed by atoms with Crippen molar-refractivity contribution >= 4 is 13.7 Å². The van der Waals surface area contributed by atoms with Gasteiger partial charge in [0.25, 0.3) is 0 Å². The normalized spacial score (nSPS) is 14.2. The maximum absolute atomic E-state index is 13.1. The van der Waals surface area contributed by atoms with Gasteiger partial charge in [-0.3, -0.25) is 13.8 Å². The van der Waals surface area contributed by atoms with Crippen molar-refractivity contribution in [1.82, 2.24) is 5.32 Å². The van der Waals surface area contributed by atoms with Crippen LogP contribution in [0.5, 0.6) is 0 Å². The highest BCUT2D eigenvalue weighted by atomic mass is 31.2. The van der Waals surface area contributed by atoms with Gasteiger partial charge >= 0.3 is 7.82 Å². The fraction of sp³-hybridized carbons (Fsp3) is 0.795. The molecule has 478 valence electrons. The number of phosphoric acid groups is 1. The smallest absolute Gasteiger partial charge is 0.391 e. The van der Waals surface area contributed by atoms with Crippen LogP contribution in [0.4, 0.5) is 0 Å². The number of hydrogen-bond donors (Lipinski definition) is 3. The zero-order chi connectivity index (χ0) is 59.8. The van der Waals surface area contributed by atoms with E-state index in [1.54, 1.807) is 0 Å². The maximum Gasteiger partial charge on any atom is 0.472 e. The van der Waals surface area contributed by atoms with Gasteiger partial charge in [-0.25, -0.2) is 4.57 Å². The molecule has 0 aliphatic carbocycles. The van der Waals surface area contributed by atoms with Crippen molar-refractivity contribution in [3.05, 3.63) is 85.1 Å². The van der Waals surface area contributed by atoms with Crippen LogP contribution < -0.4 is 5.32 Å². The summed E-state index contributed by atoms with van der Waals surface area (Å²) in [5.74, 6) is -0.155. The number of amides is 1. The van der Waals surface area contributed by atoms with Gasteiger partial charge in [0.2, 0.25) is 5.91 Å². The minimum absolute atomic E-state index is 0.0688. The Labute approximate surface area is 509 Å². The van der Waals surface area contributed by atoms with E-state index >= 15 is 0 Å². The number of quaternary nitrogens is 1. The molecule has 82 heavy (non-hydrogen) atoms. The van der Waals surface area contributed by atoms with Crippen molar-refractivity contribution in [2.45, 2.75) is 334 Å². The van der Waals surface area contributed by atoms with Crippen LogP contribution >= 0.6 is 7.82 Å². The molecule has 0 fully saturated rings. The lowest BCUT2D eigenvalue weighted by atomic mass is 10.0. The van der Waals surface area contributed by atoms with Crippen molar-refractivity contribution in [2.75, 3.05) is 40.9 Å². The average molecular weight is 1170 g/mol. The highest BCUT2D eigenvalue weighted by molar-refractivity contribution is 7.47. The molecule has 0 radical (unpaired) electrons. The second kappa shape index (κ2) is 63.2. The largest absolute Gasteiger partial charge is 0.472 e. The highest BCUT2D eigenvalue weighted by Gasteiger charge is 2.28. The van der Waals surface area contributed by atoms with E-state index in [0.717, 1.165) is 89.9 Å². The predicted molar refractivity (Wildman–Crippen MR) is 360 cm³/mol. The van der Waals surface area contributed by atoms with E-state index in [1.807, 2.05) is 21.1 Å². The fourth-order valence-electron chi connectivity index (χ4n) is 10.3. The summed E-state index contributed by atoms with van der Waals surface area (Å²) in [6.07, 6.45) is 89.7. The summed E-state index contributed by atoms with van der Waals surface area (Å²) >= 11 is 0. The summed E-state index contributed by atoms with van der Waals surface area (Å²) in [6, 6.07) is -0.775. The molecule has 9 heteroatoms. The van der Waals surface area contributed by atoms with Crippen molar-refractivity contribution in [3.8, 4) is 0 Å². The third kappa shape index (κ3) is 65.2. The van der Waals surface area contributed by atoms with Gasteiger partial charge in [-0.05, 0) is 70.6 Å². The van der Waals surface area contributed by atoms with Crippen molar-refractivity contribution in [3.63, 3.8) is 0 Å². The zero-order valence-electron chi connectivity index (χ0n) is 54.7. The summed E-state index contributed by atoms with van der Waals surface area (Å²) in [7, 11) is 1.61. The van der Waals surface area contributed by atoms with Crippen LogP contribution in [-0.2, 0) is 18.4 Å². The van der Waals surface area contributed by atoms with Crippen LogP contribution in [0.2, 0.25) is 0 Å². The van der Waals surface area contributed by atoms with E-state index < -0.39 is 20.0 Å². The quantitative estimate of drug-likeness (QED) is 0.0243. The van der Waals surface area contributed by atoms with E-state index in [0.29, 0.717) is 23.9 Å². The predicted octanol–water partition coefficient (Wildman–Crippen LogP) is 22.3. The Morgan fingerprint density at radius 3 is 1.07 bits per heavy atom. The second-order valence-electron chi connectivity index (χ2n) is 24.9. The van der Waals surface area contributed by atoms with Crippen LogP contribution in [0.1, 0.15) is 322 Å². The minimum Gasteiger partial charge on any atom is -0.391 e. The molecule has 0 saturated heterocycles. The molecule has 0 spiro atoms. The van der Waals surface area contributed by atoms with Gasteiger partial charge in [-0.1, -0.05) is 330 Å². The molecule has 3 atom stereocenters. The highest BCUT2D eigenvalue weighted by Crippen LogP contribution is 2.43. The van der Waals surface area contributed by atoms with Crippen molar-refractivity contribution < 1.29 is 32.9 Å². The number of carbonyl (C=O) groups excluding carboxylic acids is 1. The second-order valence-corrected chi connectivity index (χ2v) is 26.3. The van der Waals surface area contributed by atoms with Crippen LogP contribution in [0.25, 0.3) is 0 Å². The number of hydrogen-bond acceptors (Lipinski definition) is 5. The lowest BCUT2D eigenvalue weighted by Crippen LogP contribution is -2.46. The number of allylic oxidation sites excluding steroid dienone is 14. The summed E-state index contributed by atoms with van der Waals surface area (Å²) < 4.78 is 23.9. The molecule has 3 unspecified atom stereocenters. The number of nitrogens with one attached hydrogen (secondary N) is 1. The molecule has 0 aliphatic heterocycles. The number of aliphatic hydroxyl groups is 1. The molecule has 0 saturated carbocycles. The molecule has 0 aromatic rings. The van der Waals surface area contributed by atoms with Crippen LogP contribution in [0.3, 0.4) is 0 Å². The molecule has 0 aromatic carbocycles. The number of nitrogens with zero attached hydrogens (tertiary/aromatic N) is 1. The number of aliphatic hydroxyl groups excluding tert-OH is 1. The Bertz CT molecular complexity index is 1610. The molecule has 0 heterocycles. The summed E-state index contributed by atoms with van der Waals surface area (Å²) in [4.78, 5) is 23.5. The first-order valence-corrected chi connectivity index (χ1v) is 36.4. The zero-order valence-corrected chi connectivity index (χ0v) is 55.6. The number of likely N-dealkylation sites (N-methyl/N-ethyl adjacent to an activating group) is 1.